The summed E-state index contributed by atoms with van der Waals surface area (Å²) < 4.78 is 0. The van der Waals surface area contributed by atoms with Crippen LogP contribution < -0.4 is 10.6 Å². The maximum Gasteiger partial charge on any atom is 0.283 e. The topological polar surface area (TPSA) is 41.1 Å². The summed E-state index contributed by atoms with van der Waals surface area (Å²) in [6, 6.07) is 11.7. The van der Waals surface area contributed by atoms with Crippen LogP contribution >= 0.6 is 12.2 Å². The lowest BCUT2D eigenvalue weighted by atomic mass is 10.1. The van der Waals surface area contributed by atoms with E-state index in [-0.39, 0.29) is 10.9 Å². The zero-order chi connectivity index (χ0) is 16.3. The highest BCUT2D eigenvalue weighted by Gasteiger charge is 2.12. The lowest BCUT2D eigenvalue weighted by molar-refractivity contribution is -0.110. The van der Waals surface area contributed by atoms with Crippen LogP contribution in [0.1, 0.15) is 22.3 Å². The van der Waals surface area contributed by atoms with Gasteiger partial charge in [0.2, 0.25) is 0 Å². The van der Waals surface area contributed by atoms with Gasteiger partial charge >= 0.3 is 0 Å². The van der Waals surface area contributed by atoms with E-state index in [1.807, 2.05) is 64.1 Å². The molecular weight excluding hydrogens is 292 g/mol. The Kier molecular flexibility index (Phi) is 4.93. The van der Waals surface area contributed by atoms with E-state index in [0.717, 1.165) is 33.6 Å². The average Bonchev–Trinajstić information content (AvgIpc) is 2.48. The smallest absolute Gasteiger partial charge is 0.283 e. The largest absolute Gasteiger partial charge is 0.342 e. The first-order valence-electron chi connectivity index (χ1n) is 7.15. The summed E-state index contributed by atoms with van der Waals surface area (Å²) in [5.41, 5.74) is 6.07. The maximum atomic E-state index is 12.3. The van der Waals surface area contributed by atoms with Crippen LogP contribution in [-0.4, -0.2) is 10.9 Å². The van der Waals surface area contributed by atoms with Crippen LogP contribution in [0.3, 0.4) is 0 Å². The SMILES string of the molecule is Cc1cccc(NC(=O)C(=S)Nc2cccc(C)c2C)c1C. The van der Waals surface area contributed by atoms with Gasteiger partial charge < -0.3 is 10.6 Å². The molecule has 0 heterocycles. The van der Waals surface area contributed by atoms with Crippen molar-refractivity contribution in [1.82, 2.24) is 0 Å². The normalized spacial score (nSPS) is 10.2. The number of rotatable bonds is 2. The van der Waals surface area contributed by atoms with Crippen LogP contribution in [0.5, 0.6) is 0 Å². The Morgan fingerprint density at radius 2 is 1.27 bits per heavy atom. The molecule has 0 fully saturated rings. The highest BCUT2D eigenvalue weighted by atomic mass is 32.1. The van der Waals surface area contributed by atoms with Gasteiger partial charge in [0.15, 0.2) is 4.99 Å². The van der Waals surface area contributed by atoms with E-state index in [1.165, 1.54) is 0 Å². The number of benzene rings is 2. The molecule has 2 aromatic rings. The fraction of sp³-hybridized carbons (Fsp3) is 0.222. The molecule has 22 heavy (non-hydrogen) atoms. The molecule has 0 bridgehead atoms. The number of thiocarbonyl (C=S) groups is 1. The summed E-state index contributed by atoms with van der Waals surface area (Å²) in [5, 5.41) is 5.89. The number of hydrogen-bond acceptors (Lipinski definition) is 2. The first-order valence-corrected chi connectivity index (χ1v) is 7.55. The molecule has 0 aliphatic heterocycles. The second-order valence-electron chi connectivity index (χ2n) is 5.40. The van der Waals surface area contributed by atoms with Gasteiger partial charge in [-0.05, 0) is 62.1 Å². The van der Waals surface area contributed by atoms with Crippen molar-refractivity contribution in [1.29, 1.82) is 0 Å². The lowest BCUT2D eigenvalue weighted by Crippen LogP contribution is -2.28. The Bertz CT molecular complexity index is 674. The van der Waals surface area contributed by atoms with Crippen molar-refractivity contribution >= 4 is 34.5 Å². The Morgan fingerprint density at radius 3 is 1.77 bits per heavy atom. The Morgan fingerprint density at radius 1 is 0.818 bits per heavy atom. The van der Waals surface area contributed by atoms with E-state index in [2.05, 4.69) is 10.6 Å². The maximum absolute atomic E-state index is 12.3. The van der Waals surface area contributed by atoms with Gasteiger partial charge in [0.25, 0.3) is 5.91 Å². The zero-order valence-electron chi connectivity index (χ0n) is 13.3. The molecular formula is C18H20N2OS. The number of aryl methyl sites for hydroxylation is 2. The molecule has 2 N–H and O–H groups in total. The lowest BCUT2D eigenvalue weighted by Gasteiger charge is -2.14. The third-order valence-electron chi connectivity index (χ3n) is 3.91. The predicted octanol–water partition coefficient (Wildman–Crippen LogP) is 4.30. The third-order valence-corrected chi connectivity index (χ3v) is 4.20. The van der Waals surface area contributed by atoms with Crippen LogP contribution in [0, 0.1) is 27.7 Å². The fourth-order valence-corrected chi connectivity index (χ4v) is 2.29. The molecule has 3 nitrogen and oxygen atoms in total. The summed E-state index contributed by atoms with van der Waals surface area (Å²) in [6.45, 7) is 8.02. The molecule has 0 saturated carbocycles. The van der Waals surface area contributed by atoms with Crippen LogP contribution in [-0.2, 0) is 4.79 Å². The molecule has 0 saturated heterocycles. The number of anilines is 2. The second-order valence-corrected chi connectivity index (χ2v) is 5.81. The van der Waals surface area contributed by atoms with E-state index in [1.54, 1.807) is 0 Å². The van der Waals surface area contributed by atoms with Crippen LogP contribution in [0.15, 0.2) is 36.4 Å². The Balaban J connectivity index is 2.11. The summed E-state index contributed by atoms with van der Waals surface area (Å²) in [4.78, 5) is 12.4. The number of hydrogen-bond donors (Lipinski definition) is 2. The van der Waals surface area contributed by atoms with Gasteiger partial charge in [-0.15, -0.1) is 0 Å². The number of amides is 1. The van der Waals surface area contributed by atoms with Crippen molar-refractivity contribution in [2.45, 2.75) is 27.7 Å². The molecule has 0 spiro atoms. The van der Waals surface area contributed by atoms with Gasteiger partial charge in [-0.2, -0.15) is 0 Å². The monoisotopic (exact) mass is 312 g/mol. The van der Waals surface area contributed by atoms with Gasteiger partial charge in [-0.25, -0.2) is 0 Å². The van der Waals surface area contributed by atoms with Crippen LogP contribution in [0.2, 0.25) is 0 Å². The van der Waals surface area contributed by atoms with Gasteiger partial charge in [0.1, 0.15) is 0 Å². The zero-order valence-corrected chi connectivity index (χ0v) is 14.1. The molecule has 1 amide bonds. The van der Waals surface area contributed by atoms with Gasteiger partial charge in [0, 0.05) is 11.4 Å². The quantitative estimate of drug-likeness (QED) is 0.812. The summed E-state index contributed by atoms with van der Waals surface area (Å²) in [5.74, 6) is -0.301. The minimum Gasteiger partial charge on any atom is -0.342 e. The van der Waals surface area contributed by atoms with Gasteiger partial charge in [0.05, 0.1) is 0 Å². The predicted molar refractivity (Wildman–Crippen MR) is 96.7 cm³/mol. The van der Waals surface area contributed by atoms with Gasteiger partial charge in [-0.1, -0.05) is 36.5 Å². The molecule has 0 aliphatic carbocycles. The molecule has 2 rings (SSSR count). The molecule has 0 unspecified atom stereocenters. The fourth-order valence-electron chi connectivity index (χ4n) is 2.13. The molecule has 0 aromatic heterocycles. The number of carbonyl (C=O) groups excluding carboxylic acids is 1. The minimum atomic E-state index is -0.301. The van der Waals surface area contributed by atoms with Gasteiger partial charge in [-0.3, -0.25) is 4.79 Å². The summed E-state index contributed by atoms with van der Waals surface area (Å²) in [6.07, 6.45) is 0. The van der Waals surface area contributed by atoms with Crippen molar-refractivity contribution in [2.75, 3.05) is 10.6 Å². The molecule has 114 valence electrons. The van der Waals surface area contributed by atoms with Crippen LogP contribution in [0.25, 0.3) is 0 Å². The standard InChI is InChI=1S/C18H20N2OS/c1-11-7-5-9-15(13(11)3)19-17(21)18(22)20-16-10-6-8-12(2)14(16)4/h5-10H,1-4H3,(H,19,21)(H,20,22). The van der Waals surface area contributed by atoms with E-state index >= 15 is 0 Å². The third kappa shape index (κ3) is 3.52. The summed E-state index contributed by atoms with van der Waals surface area (Å²) >= 11 is 5.21. The van der Waals surface area contributed by atoms with Crippen molar-refractivity contribution in [3.8, 4) is 0 Å². The van der Waals surface area contributed by atoms with E-state index in [0.29, 0.717) is 0 Å². The van der Waals surface area contributed by atoms with E-state index in [9.17, 15) is 4.79 Å². The highest BCUT2D eigenvalue weighted by molar-refractivity contribution is 7.82. The second kappa shape index (κ2) is 6.71. The highest BCUT2D eigenvalue weighted by Crippen LogP contribution is 2.20. The van der Waals surface area contributed by atoms with Crippen LogP contribution in [0.4, 0.5) is 11.4 Å². The molecule has 2 aromatic carbocycles. The first kappa shape index (κ1) is 16.2. The van der Waals surface area contributed by atoms with Crippen molar-refractivity contribution in [2.24, 2.45) is 0 Å². The van der Waals surface area contributed by atoms with E-state index in [4.69, 9.17) is 12.2 Å². The molecule has 0 radical (unpaired) electrons. The van der Waals surface area contributed by atoms with Crippen molar-refractivity contribution < 1.29 is 4.79 Å². The summed E-state index contributed by atoms with van der Waals surface area (Å²) in [7, 11) is 0. The molecule has 0 aliphatic rings. The minimum absolute atomic E-state index is 0.162. The first-order chi connectivity index (χ1) is 10.4. The molecule has 4 heteroatoms. The Labute approximate surface area is 136 Å². The average molecular weight is 312 g/mol. The van der Waals surface area contributed by atoms with E-state index < -0.39 is 0 Å². The van der Waals surface area contributed by atoms with Crippen molar-refractivity contribution in [3.05, 3.63) is 58.7 Å². The molecule has 0 atom stereocenters. The van der Waals surface area contributed by atoms with Crippen molar-refractivity contribution in [3.63, 3.8) is 0 Å². The number of carbonyl (C=O) groups is 1. The Hall–Kier alpha value is -2.20. The number of nitrogens with one attached hydrogen (secondary N) is 2.